The van der Waals surface area contributed by atoms with Gasteiger partial charge in [-0.1, -0.05) is 19.9 Å². The number of aliphatic hydroxyl groups is 1. The molecule has 0 fully saturated rings. The van der Waals surface area contributed by atoms with E-state index in [4.69, 9.17) is 4.42 Å². The van der Waals surface area contributed by atoms with E-state index in [1.807, 2.05) is 13.8 Å². The minimum atomic E-state index is -0.494. The molecule has 1 aromatic carbocycles. The third-order valence-electron chi connectivity index (χ3n) is 2.90. The van der Waals surface area contributed by atoms with E-state index < -0.39 is 4.92 Å². The van der Waals surface area contributed by atoms with Crippen molar-refractivity contribution in [3.63, 3.8) is 0 Å². The summed E-state index contributed by atoms with van der Waals surface area (Å²) in [6, 6.07) is 4.55. The van der Waals surface area contributed by atoms with Gasteiger partial charge in [0, 0.05) is 6.07 Å². The van der Waals surface area contributed by atoms with Gasteiger partial charge in [0.25, 0.3) is 11.7 Å². The molecule has 0 saturated heterocycles. The number of benzene rings is 1. The molecule has 0 aliphatic heterocycles. The third-order valence-corrected chi connectivity index (χ3v) is 2.90. The van der Waals surface area contributed by atoms with E-state index in [2.05, 4.69) is 10.3 Å². The van der Waals surface area contributed by atoms with Crippen LogP contribution in [0.15, 0.2) is 22.6 Å². The number of hydrogen-bond acceptors (Lipinski definition) is 6. The number of nitrogens with zero attached hydrogens (tertiary/aromatic N) is 2. The van der Waals surface area contributed by atoms with Gasteiger partial charge in [0.15, 0.2) is 11.1 Å². The van der Waals surface area contributed by atoms with Gasteiger partial charge in [0.2, 0.25) is 0 Å². The molecule has 20 heavy (non-hydrogen) atoms. The Balaban J connectivity index is 2.27. The van der Waals surface area contributed by atoms with Crippen LogP contribution in [0, 0.1) is 16.0 Å². The lowest BCUT2D eigenvalue weighted by molar-refractivity contribution is -0.383. The normalized spacial score (nSPS) is 12.8. The number of aliphatic hydroxyl groups excluding tert-OH is 1. The number of aromatic nitrogens is 1. The molecule has 1 unspecified atom stereocenters. The molecule has 0 spiro atoms. The highest BCUT2D eigenvalue weighted by Gasteiger charge is 2.19. The van der Waals surface area contributed by atoms with E-state index in [1.54, 1.807) is 12.1 Å². The van der Waals surface area contributed by atoms with Crippen LogP contribution in [0.4, 0.5) is 11.7 Å². The molecule has 1 aromatic heterocycles. The number of anilines is 1. The Bertz CT molecular complexity index is 609. The van der Waals surface area contributed by atoms with Crippen LogP contribution in [0.3, 0.4) is 0 Å². The van der Waals surface area contributed by atoms with Crippen molar-refractivity contribution in [1.29, 1.82) is 0 Å². The van der Waals surface area contributed by atoms with E-state index in [0.717, 1.165) is 6.42 Å². The molecule has 1 atom stereocenters. The summed E-state index contributed by atoms with van der Waals surface area (Å²) in [5, 5.41) is 23.2. The molecule has 108 valence electrons. The van der Waals surface area contributed by atoms with E-state index in [9.17, 15) is 15.2 Å². The maximum Gasteiger partial charge on any atom is 0.298 e. The predicted octanol–water partition coefficient (Wildman–Crippen LogP) is 2.55. The van der Waals surface area contributed by atoms with E-state index >= 15 is 0 Å². The largest absolute Gasteiger partial charge is 0.423 e. The summed E-state index contributed by atoms with van der Waals surface area (Å²) in [5.41, 5.74) is 0.466. The van der Waals surface area contributed by atoms with Crippen LogP contribution in [-0.2, 0) is 0 Å². The zero-order chi connectivity index (χ0) is 14.7. The van der Waals surface area contributed by atoms with Crippen LogP contribution in [0.5, 0.6) is 0 Å². The topological polar surface area (TPSA) is 101 Å². The van der Waals surface area contributed by atoms with E-state index in [-0.39, 0.29) is 29.9 Å². The highest BCUT2D eigenvalue weighted by atomic mass is 16.6. The van der Waals surface area contributed by atoms with Gasteiger partial charge in [-0.3, -0.25) is 10.1 Å². The lowest BCUT2D eigenvalue weighted by Gasteiger charge is -2.16. The SMILES string of the molecule is CC(C)CC(CO)Nc1nc2c([N+](=O)[O-])cccc2o1. The average molecular weight is 279 g/mol. The minimum absolute atomic E-state index is 0.0565. The lowest BCUT2D eigenvalue weighted by Crippen LogP contribution is -2.25. The average Bonchev–Trinajstić information content (AvgIpc) is 2.78. The van der Waals surface area contributed by atoms with Crippen molar-refractivity contribution >= 4 is 22.8 Å². The van der Waals surface area contributed by atoms with Crippen LogP contribution >= 0.6 is 0 Å². The zero-order valence-corrected chi connectivity index (χ0v) is 11.4. The summed E-state index contributed by atoms with van der Waals surface area (Å²) in [6.07, 6.45) is 0.747. The minimum Gasteiger partial charge on any atom is -0.423 e. The molecule has 0 bridgehead atoms. The number of oxazole rings is 1. The second-order valence-electron chi connectivity index (χ2n) is 5.05. The number of non-ortho nitro benzene ring substituents is 1. The van der Waals surface area contributed by atoms with Gasteiger partial charge in [-0.15, -0.1) is 0 Å². The van der Waals surface area contributed by atoms with Crippen LogP contribution in [-0.4, -0.2) is 27.7 Å². The molecule has 2 aromatic rings. The molecule has 0 amide bonds. The fourth-order valence-corrected chi connectivity index (χ4v) is 2.07. The molecule has 2 N–H and O–H groups in total. The highest BCUT2D eigenvalue weighted by Crippen LogP contribution is 2.27. The Morgan fingerprint density at radius 2 is 2.25 bits per heavy atom. The molecule has 1 heterocycles. The Labute approximate surface area is 115 Å². The van der Waals surface area contributed by atoms with Crippen molar-refractivity contribution in [1.82, 2.24) is 4.98 Å². The summed E-state index contributed by atoms with van der Waals surface area (Å²) in [7, 11) is 0. The summed E-state index contributed by atoms with van der Waals surface area (Å²) in [5.74, 6) is 0.401. The van der Waals surface area contributed by atoms with Crippen LogP contribution < -0.4 is 5.32 Å². The van der Waals surface area contributed by atoms with Crippen LogP contribution in [0.25, 0.3) is 11.1 Å². The predicted molar refractivity (Wildman–Crippen MR) is 74.6 cm³/mol. The van der Waals surface area contributed by atoms with Crippen molar-refractivity contribution in [2.45, 2.75) is 26.3 Å². The first-order chi connectivity index (χ1) is 9.51. The van der Waals surface area contributed by atoms with Crippen LogP contribution in [0.2, 0.25) is 0 Å². The van der Waals surface area contributed by atoms with Crippen molar-refractivity contribution in [2.24, 2.45) is 5.92 Å². The van der Waals surface area contributed by atoms with Gasteiger partial charge >= 0.3 is 0 Å². The standard InChI is InChI=1S/C13H17N3O4/c1-8(2)6-9(7-17)14-13-15-12-10(16(18)19)4-3-5-11(12)20-13/h3-5,8-9,17H,6-7H2,1-2H3,(H,14,15). The summed E-state index contributed by atoms with van der Waals surface area (Å²) in [6.45, 7) is 4.03. The molecule has 0 aliphatic rings. The Kier molecular flexibility index (Phi) is 4.19. The van der Waals surface area contributed by atoms with Gasteiger partial charge in [-0.2, -0.15) is 4.98 Å². The summed E-state index contributed by atoms with van der Waals surface area (Å²) in [4.78, 5) is 14.5. The molecule has 0 radical (unpaired) electrons. The van der Waals surface area contributed by atoms with Crippen LogP contribution in [0.1, 0.15) is 20.3 Å². The number of para-hydroxylation sites is 1. The van der Waals surface area contributed by atoms with Gasteiger partial charge in [-0.25, -0.2) is 0 Å². The monoisotopic (exact) mass is 279 g/mol. The third kappa shape index (κ3) is 3.05. The maximum atomic E-state index is 10.9. The lowest BCUT2D eigenvalue weighted by atomic mass is 10.0. The van der Waals surface area contributed by atoms with Gasteiger partial charge in [-0.05, 0) is 18.4 Å². The number of nitro benzene ring substituents is 1. The molecular weight excluding hydrogens is 262 g/mol. The number of rotatable bonds is 6. The Morgan fingerprint density at radius 1 is 1.50 bits per heavy atom. The molecule has 0 saturated carbocycles. The summed E-state index contributed by atoms with van der Waals surface area (Å²) >= 11 is 0. The van der Waals surface area contributed by atoms with Gasteiger partial charge in [0.1, 0.15) is 0 Å². The first-order valence-electron chi connectivity index (χ1n) is 6.42. The second kappa shape index (κ2) is 5.87. The van der Waals surface area contributed by atoms with E-state index in [1.165, 1.54) is 6.07 Å². The van der Waals surface area contributed by atoms with Gasteiger partial charge in [0.05, 0.1) is 17.6 Å². The fraction of sp³-hybridized carbons (Fsp3) is 0.462. The second-order valence-corrected chi connectivity index (χ2v) is 5.05. The number of nitrogens with one attached hydrogen (secondary N) is 1. The van der Waals surface area contributed by atoms with Crippen molar-refractivity contribution < 1.29 is 14.4 Å². The number of fused-ring (bicyclic) bond motifs is 1. The summed E-state index contributed by atoms with van der Waals surface area (Å²) < 4.78 is 5.43. The quantitative estimate of drug-likeness (QED) is 0.622. The van der Waals surface area contributed by atoms with Gasteiger partial charge < -0.3 is 14.8 Å². The van der Waals surface area contributed by atoms with Crippen molar-refractivity contribution in [3.05, 3.63) is 28.3 Å². The highest BCUT2D eigenvalue weighted by molar-refractivity contribution is 5.84. The first kappa shape index (κ1) is 14.3. The molecule has 7 nitrogen and oxygen atoms in total. The number of hydrogen-bond donors (Lipinski definition) is 2. The molecule has 7 heteroatoms. The fourth-order valence-electron chi connectivity index (χ4n) is 2.07. The molecule has 2 rings (SSSR count). The zero-order valence-electron chi connectivity index (χ0n) is 11.4. The Morgan fingerprint density at radius 3 is 2.85 bits per heavy atom. The maximum absolute atomic E-state index is 10.9. The first-order valence-corrected chi connectivity index (χ1v) is 6.42. The van der Waals surface area contributed by atoms with E-state index in [0.29, 0.717) is 11.5 Å². The Hall–Kier alpha value is -2.15. The molecular formula is C13H17N3O4. The number of nitro groups is 1. The smallest absolute Gasteiger partial charge is 0.298 e. The van der Waals surface area contributed by atoms with Crippen molar-refractivity contribution in [3.8, 4) is 0 Å². The van der Waals surface area contributed by atoms with Crippen molar-refractivity contribution in [2.75, 3.05) is 11.9 Å². The molecule has 0 aliphatic carbocycles.